The monoisotopic (exact) mass is 295 g/mol. The number of likely N-dealkylation sites (tertiary alicyclic amines) is 1. The molecule has 1 amide bonds. The van der Waals surface area contributed by atoms with Crippen molar-refractivity contribution in [3.8, 4) is 5.75 Å². The fourth-order valence-corrected chi connectivity index (χ4v) is 2.19. The highest BCUT2D eigenvalue weighted by molar-refractivity contribution is 5.68. The Morgan fingerprint density at radius 2 is 1.76 bits per heavy atom. The van der Waals surface area contributed by atoms with E-state index in [1.807, 2.05) is 20.8 Å². The van der Waals surface area contributed by atoms with Crippen LogP contribution in [-0.2, 0) is 4.74 Å². The predicted octanol–water partition coefficient (Wildman–Crippen LogP) is 3.60. The van der Waals surface area contributed by atoms with Crippen molar-refractivity contribution in [2.24, 2.45) is 0 Å². The minimum absolute atomic E-state index is 0.0501. The lowest BCUT2D eigenvalue weighted by Crippen LogP contribution is -2.44. The van der Waals surface area contributed by atoms with Crippen LogP contribution < -0.4 is 4.74 Å². The average Bonchev–Trinajstić information content (AvgIpc) is 2.40. The first-order valence-electron chi connectivity index (χ1n) is 7.24. The number of hydrogen-bond donors (Lipinski definition) is 0. The van der Waals surface area contributed by atoms with E-state index in [0.717, 1.165) is 12.8 Å². The van der Waals surface area contributed by atoms with E-state index in [1.54, 1.807) is 17.0 Å². The third kappa shape index (κ3) is 4.92. The Morgan fingerprint density at radius 1 is 1.19 bits per heavy atom. The zero-order valence-electron chi connectivity index (χ0n) is 12.8. The molecule has 5 heteroatoms. The van der Waals surface area contributed by atoms with E-state index in [-0.39, 0.29) is 18.0 Å². The number of ether oxygens (including phenoxy) is 2. The first-order valence-corrected chi connectivity index (χ1v) is 7.24. The van der Waals surface area contributed by atoms with Crippen molar-refractivity contribution < 1.29 is 18.7 Å². The van der Waals surface area contributed by atoms with E-state index >= 15 is 0 Å². The summed E-state index contributed by atoms with van der Waals surface area (Å²) in [7, 11) is 0. The Hall–Kier alpha value is -1.78. The van der Waals surface area contributed by atoms with E-state index in [2.05, 4.69) is 0 Å². The Balaban J connectivity index is 1.80. The minimum atomic E-state index is -0.474. The quantitative estimate of drug-likeness (QED) is 0.836. The number of carbonyl (C=O) groups is 1. The number of benzene rings is 1. The molecule has 0 N–H and O–H groups in total. The summed E-state index contributed by atoms with van der Waals surface area (Å²) in [5, 5.41) is 0. The molecular formula is C16H22FNO3. The molecule has 116 valence electrons. The van der Waals surface area contributed by atoms with Gasteiger partial charge in [-0.15, -0.1) is 0 Å². The molecule has 0 saturated carbocycles. The van der Waals surface area contributed by atoms with Gasteiger partial charge in [-0.2, -0.15) is 0 Å². The van der Waals surface area contributed by atoms with Gasteiger partial charge in [0, 0.05) is 25.9 Å². The summed E-state index contributed by atoms with van der Waals surface area (Å²) in [5.74, 6) is 0.384. The first-order chi connectivity index (χ1) is 9.83. The zero-order valence-corrected chi connectivity index (χ0v) is 12.8. The van der Waals surface area contributed by atoms with Gasteiger partial charge in [0.25, 0.3) is 0 Å². The number of hydrogen-bond acceptors (Lipinski definition) is 3. The number of piperidine rings is 1. The molecule has 1 heterocycles. The van der Waals surface area contributed by atoms with Crippen molar-refractivity contribution in [2.75, 3.05) is 13.1 Å². The van der Waals surface area contributed by atoms with Gasteiger partial charge in [0.2, 0.25) is 0 Å². The maximum Gasteiger partial charge on any atom is 0.410 e. The molecule has 1 aromatic carbocycles. The third-order valence-corrected chi connectivity index (χ3v) is 3.21. The maximum absolute atomic E-state index is 12.8. The van der Waals surface area contributed by atoms with Crippen LogP contribution in [0.4, 0.5) is 9.18 Å². The van der Waals surface area contributed by atoms with Gasteiger partial charge in [-0.1, -0.05) is 0 Å². The highest BCUT2D eigenvalue weighted by atomic mass is 19.1. The molecule has 1 saturated heterocycles. The SMILES string of the molecule is CC(C)(C)OC(=O)N1CCC(Oc2ccc(F)cc2)CC1. The van der Waals surface area contributed by atoms with Gasteiger partial charge < -0.3 is 14.4 Å². The number of halogens is 1. The first kappa shape index (κ1) is 15.6. The van der Waals surface area contributed by atoms with Gasteiger partial charge in [0.15, 0.2) is 0 Å². The van der Waals surface area contributed by atoms with Crippen LogP contribution in [0.15, 0.2) is 24.3 Å². The summed E-state index contributed by atoms with van der Waals surface area (Å²) in [4.78, 5) is 13.6. The van der Waals surface area contributed by atoms with Gasteiger partial charge in [-0.25, -0.2) is 9.18 Å². The predicted molar refractivity (Wildman–Crippen MR) is 77.9 cm³/mol. The highest BCUT2D eigenvalue weighted by Gasteiger charge is 2.27. The summed E-state index contributed by atoms with van der Waals surface area (Å²) in [6, 6.07) is 6.00. The molecule has 0 aromatic heterocycles. The molecule has 1 aliphatic heterocycles. The van der Waals surface area contributed by atoms with Crippen molar-refractivity contribution in [3.05, 3.63) is 30.1 Å². The Labute approximate surface area is 124 Å². The van der Waals surface area contributed by atoms with Crippen molar-refractivity contribution in [1.29, 1.82) is 0 Å². The number of rotatable bonds is 2. The van der Waals surface area contributed by atoms with Gasteiger partial charge >= 0.3 is 6.09 Å². The molecule has 0 bridgehead atoms. The second-order valence-corrected chi connectivity index (χ2v) is 6.24. The van der Waals surface area contributed by atoms with Crippen molar-refractivity contribution in [2.45, 2.75) is 45.3 Å². The Kier molecular flexibility index (Phi) is 4.70. The summed E-state index contributed by atoms with van der Waals surface area (Å²) in [6.45, 7) is 6.79. The van der Waals surface area contributed by atoms with Crippen LogP contribution in [0.25, 0.3) is 0 Å². The number of amides is 1. The van der Waals surface area contributed by atoms with Gasteiger partial charge in [-0.3, -0.25) is 0 Å². The van der Waals surface area contributed by atoms with Crippen LogP contribution in [0, 0.1) is 5.82 Å². The molecule has 0 unspecified atom stereocenters. The molecule has 2 rings (SSSR count). The fourth-order valence-electron chi connectivity index (χ4n) is 2.19. The van der Waals surface area contributed by atoms with Crippen LogP contribution in [-0.4, -0.2) is 35.8 Å². The largest absolute Gasteiger partial charge is 0.490 e. The van der Waals surface area contributed by atoms with Crippen molar-refractivity contribution >= 4 is 6.09 Å². The van der Waals surface area contributed by atoms with E-state index in [1.165, 1.54) is 12.1 Å². The summed E-state index contributed by atoms with van der Waals surface area (Å²) >= 11 is 0. The lowest BCUT2D eigenvalue weighted by molar-refractivity contribution is 0.0126. The normalized spacial score (nSPS) is 16.7. The maximum atomic E-state index is 12.8. The second-order valence-electron chi connectivity index (χ2n) is 6.24. The van der Waals surface area contributed by atoms with Crippen LogP contribution in [0.1, 0.15) is 33.6 Å². The zero-order chi connectivity index (χ0) is 15.5. The van der Waals surface area contributed by atoms with Crippen molar-refractivity contribution in [1.82, 2.24) is 4.90 Å². The second kappa shape index (κ2) is 6.33. The molecule has 0 atom stereocenters. The summed E-state index contributed by atoms with van der Waals surface area (Å²) in [5.41, 5.74) is -0.474. The smallest absolute Gasteiger partial charge is 0.410 e. The molecule has 0 radical (unpaired) electrons. The molecular weight excluding hydrogens is 273 g/mol. The molecule has 0 spiro atoms. The Morgan fingerprint density at radius 3 is 2.29 bits per heavy atom. The minimum Gasteiger partial charge on any atom is -0.490 e. The number of carbonyl (C=O) groups excluding carboxylic acids is 1. The van der Waals surface area contributed by atoms with E-state index in [4.69, 9.17) is 9.47 Å². The molecule has 1 aliphatic rings. The van der Waals surface area contributed by atoms with Crippen molar-refractivity contribution in [3.63, 3.8) is 0 Å². The van der Waals surface area contributed by atoms with E-state index < -0.39 is 5.60 Å². The molecule has 0 aliphatic carbocycles. The van der Waals surface area contributed by atoms with Gasteiger partial charge in [-0.05, 0) is 45.0 Å². The summed E-state index contributed by atoms with van der Waals surface area (Å²) < 4.78 is 24.0. The standard InChI is InChI=1S/C16H22FNO3/c1-16(2,3)21-15(19)18-10-8-14(9-11-18)20-13-6-4-12(17)5-7-13/h4-7,14H,8-11H2,1-3H3. The van der Waals surface area contributed by atoms with Crippen LogP contribution in [0.2, 0.25) is 0 Å². The Bertz CT molecular complexity index is 473. The van der Waals surface area contributed by atoms with E-state index in [9.17, 15) is 9.18 Å². The third-order valence-electron chi connectivity index (χ3n) is 3.21. The number of nitrogens with zero attached hydrogens (tertiary/aromatic N) is 1. The highest BCUT2D eigenvalue weighted by Crippen LogP contribution is 2.20. The fraction of sp³-hybridized carbons (Fsp3) is 0.562. The van der Waals surface area contributed by atoms with Crippen LogP contribution in [0.3, 0.4) is 0 Å². The molecule has 1 fully saturated rings. The lowest BCUT2D eigenvalue weighted by Gasteiger charge is -2.33. The van der Waals surface area contributed by atoms with Crippen LogP contribution in [0.5, 0.6) is 5.75 Å². The lowest BCUT2D eigenvalue weighted by atomic mass is 10.1. The molecule has 21 heavy (non-hydrogen) atoms. The van der Waals surface area contributed by atoms with E-state index in [0.29, 0.717) is 18.8 Å². The topological polar surface area (TPSA) is 38.8 Å². The summed E-state index contributed by atoms with van der Waals surface area (Å²) in [6.07, 6.45) is 1.27. The molecule has 1 aromatic rings. The molecule has 4 nitrogen and oxygen atoms in total. The van der Waals surface area contributed by atoms with Crippen LogP contribution >= 0.6 is 0 Å². The van der Waals surface area contributed by atoms with Gasteiger partial charge in [0.1, 0.15) is 23.3 Å². The average molecular weight is 295 g/mol. The van der Waals surface area contributed by atoms with Gasteiger partial charge in [0.05, 0.1) is 0 Å².